The van der Waals surface area contributed by atoms with Gasteiger partial charge >= 0.3 is 0 Å². The van der Waals surface area contributed by atoms with Gasteiger partial charge in [0.1, 0.15) is 0 Å². The van der Waals surface area contributed by atoms with Crippen LogP contribution in [0.1, 0.15) is 36.8 Å². The monoisotopic (exact) mass is 334 g/mol. The van der Waals surface area contributed by atoms with Crippen LogP contribution in [0.4, 0.5) is 9.52 Å². The number of aromatic nitrogens is 1. The normalized spacial score (nSPS) is 14.9. The van der Waals surface area contributed by atoms with Gasteiger partial charge in [-0.25, -0.2) is 9.37 Å². The van der Waals surface area contributed by atoms with Crippen molar-refractivity contribution >= 4 is 22.4 Å². The van der Waals surface area contributed by atoms with Crippen LogP contribution in [0.3, 0.4) is 0 Å². The molecular weight excluding hydrogens is 315 g/mol. The van der Waals surface area contributed by atoms with E-state index in [0.29, 0.717) is 11.6 Å². The van der Waals surface area contributed by atoms with Crippen molar-refractivity contribution in [3.8, 4) is 5.75 Å². The number of nitrogens with zero attached hydrogens (tertiary/aromatic N) is 1. The molecule has 1 atom stereocenters. The molecule has 1 aromatic carbocycles. The van der Waals surface area contributed by atoms with E-state index in [-0.39, 0.29) is 11.7 Å². The number of nitrogens with one attached hydrogen (secondary N) is 1. The van der Waals surface area contributed by atoms with Crippen molar-refractivity contribution in [2.24, 2.45) is 0 Å². The zero-order chi connectivity index (χ0) is 16.2. The van der Waals surface area contributed by atoms with Crippen LogP contribution < -0.4 is 10.1 Å². The Morgan fingerprint density at radius 2 is 2.17 bits per heavy atom. The maximum atomic E-state index is 13.7. The van der Waals surface area contributed by atoms with Gasteiger partial charge in [-0.2, -0.15) is 0 Å². The average molecular weight is 334 g/mol. The summed E-state index contributed by atoms with van der Waals surface area (Å²) in [4.78, 5) is 18.1. The zero-order valence-electron chi connectivity index (χ0n) is 13.0. The Balaban J connectivity index is 1.68. The molecule has 4 nitrogen and oxygen atoms in total. The van der Waals surface area contributed by atoms with Gasteiger partial charge in [-0.3, -0.25) is 10.1 Å². The maximum absolute atomic E-state index is 13.7. The van der Waals surface area contributed by atoms with Crippen molar-refractivity contribution in [2.45, 2.75) is 45.1 Å². The fourth-order valence-corrected chi connectivity index (χ4v) is 3.66. The molecule has 0 spiro atoms. The number of amides is 1. The molecule has 1 N–H and O–H groups in total. The van der Waals surface area contributed by atoms with Crippen LogP contribution in [0.15, 0.2) is 24.3 Å². The molecule has 0 bridgehead atoms. The van der Waals surface area contributed by atoms with Gasteiger partial charge in [0.05, 0.1) is 5.69 Å². The highest BCUT2D eigenvalue weighted by Crippen LogP contribution is 2.29. The molecule has 3 rings (SSSR count). The Labute approximate surface area is 138 Å². The molecule has 0 fully saturated rings. The largest absolute Gasteiger partial charge is 0.478 e. The molecule has 1 heterocycles. The van der Waals surface area contributed by atoms with Crippen molar-refractivity contribution in [1.29, 1.82) is 0 Å². The van der Waals surface area contributed by atoms with Gasteiger partial charge in [-0.05, 0) is 44.2 Å². The van der Waals surface area contributed by atoms with Crippen molar-refractivity contribution in [3.05, 3.63) is 40.7 Å². The summed E-state index contributed by atoms with van der Waals surface area (Å²) in [6.07, 6.45) is 4.05. The highest BCUT2D eigenvalue weighted by atomic mass is 32.1. The van der Waals surface area contributed by atoms with E-state index < -0.39 is 11.9 Å². The van der Waals surface area contributed by atoms with E-state index in [1.54, 1.807) is 12.1 Å². The summed E-state index contributed by atoms with van der Waals surface area (Å²) < 4.78 is 19.2. The summed E-state index contributed by atoms with van der Waals surface area (Å²) in [7, 11) is 0. The van der Waals surface area contributed by atoms with E-state index >= 15 is 0 Å². The van der Waals surface area contributed by atoms with E-state index in [9.17, 15) is 9.18 Å². The minimum absolute atomic E-state index is 0.0907. The molecule has 0 unspecified atom stereocenters. The van der Waals surface area contributed by atoms with Crippen molar-refractivity contribution in [1.82, 2.24) is 4.98 Å². The predicted molar refractivity (Wildman–Crippen MR) is 88.5 cm³/mol. The third kappa shape index (κ3) is 3.69. The number of thiazole rings is 1. The van der Waals surface area contributed by atoms with Crippen molar-refractivity contribution in [2.75, 3.05) is 5.32 Å². The Hall–Kier alpha value is -1.95. The molecule has 1 aromatic heterocycles. The quantitative estimate of drug-likeness (QED) is 0.900. The molecule has 0 radical (unpaired) electrons. The maximum Gasteiger partial charge on any atom is 0.267 e. The molecule has 0 saturated carbocycles. The first-order valence-corrected chi connectivity index (χ1v) is 8.69. The third-order valence-corrected chi connectivity index (χ3v) is 4.92. The van der Waals surface area contributed by atoms with Gasteiger partial charge in [0.25, 0.3) is 5.91 Å². The van der Waals surface area contributed by atoms with Crippen LogP contribution in [0, 0.1) is 5.82 Å². The van der Waals surface area contributed by atoms with Crippen LogP contribution >= 0.6 is 11.3 Å². The molecule has 2 aromatic rings. The molecule has 1 aliphatic carbocycles. The van der Waals surface area contributed by atoms with E-state index in [1.165, 1.54) is 34.8 Å². The number of fused-ring (bicyclic) bond motifs is 1. The van der Waals surface area contributed by atoms with Crippen LogP contribution in [0.25, 0.3) is 0 Å². The van der Waals surface area contributed by atoms with Crippen LogP contribution in [0.2, 0.25) is 0 Å². The summed E-state index contributed by atoms with van der Waals surface area (Å²) >= 11 is 1.53. The van der Waals surface area contributed by atoms with E-state index in [0.717, 1.165) is 25.0 Å². The average Bonchev–Trinajstić information content (AvgIpc) is 2.96. The molecular formula is C17H19FN2O2S. The van der Waals surface area contributed by atoms with Crippen molar-refractivity contribution in [3.63, 3.8) is 0 Å². The van der Waals surface area contributed by atoms with Gasteiger partial charge in [0, 0.05) is 4.88 Å². The van der Waals surface area contributed by atoms with Crippen molar-refractivity contribution < 1.29 is 13.9 Å². The number of carbonyl (C=O) groups excluding carboxylic acids is 1. The minimum Gasteiger partial charge on any atom is -0.478 e. The van der Waals surface area contributed by atoms with Gasteiger partial charge in [-0.15, -0.1) is 11.3 Å². The zero-order valence-corrected chi connectivity index (χ0v) is 13.8. The lowest BCUT2D eigenvalue weighted by Gasteiger charge is -2.16. The number of para-hydroxylation sites is 1. The lowest BCUT2D eigenvalue weighted by Crippen LogP contribution is -2.32. The summed E-state index contributed by atoms with van der Waals surface area (Å²) in [5.41, 5.74) is 1.10. The lowest BCUT2D eigenvalue weighted by molar-refractivity contribution is -0.122. The summed E-state index contributed by atoms with van der Waals surface area (Å²) in [6.45, 7) is 1.83. The first kappa shape index (κ1) is 15.9. The number of halogens is 1. The number of rotatable bonds is 5. The summed E-state index contributed by atoms with van der Waals surface area (Å²) in [5, 5.41) is 3.42. The summed E-state index contributed by atoms with van der Waals surface area (Å²) in [6, 6.07) is 6.10. The Kier molecular flexibility index (Phi) is 4.91. The van der Waals surface area contributed by atoms with Crippen LogP contribution in [-0.4, -0.2) is 17.0 Å². The summed E-state index contributed by atoms with van der Waals surface area (Å²) in [5.74, 6) is -0.668. The molecule has 23 heavy (non-hydrogen) atoms. The minimum atomic E-state index is -0.743. The van der Waals surface area contributed by atoms with Crippen LogP contribution in [0.5, 0.6) is 5.75 Å². The molecule has 6 heteroatoms. The smallest absolute Gasteiger partial charge is 0.267 e. The molecule has 0 aliphatic heterocycles. The molecule has 122 valence electrons. The van der Waals surface area contributed by atoms with Gasteiger partial charge in [0.15, 0.2) is 22.8 Å². The second-order valence-electron chi connectivity index (χ2n) is 5.53. The predicted octanol–water partition coefficient (Wildman–Crippen LogP) is 3.96. The molecule has 1 aliphatic rings. The highest BCUT2D eigenvalue weighted by Gasteiger charge is 2.22. The van der Waals surface area contributed by atoms with Gasteiger partial charge in [-0.1, -0.05) is 19.1 Å². The lowest BCUT2D eigenvalue weighted by atomic mass is 10.0. The van der Waals surface area contributed by atoms with Crippen LogP contribution in [-0.2, 0) is 17.6 Å². The number of ether oxygens (including phenoxy) is 1. The fourth-order valence-electron chi connectivity index (χ4n) is 2.61. The Bertz CT molecular complexity index is 678. The number of carbonyl (C=O) groups is 1. The van der Waals surface area contributed by atoms with E-state index in [2.05, 4.69) is 10.3 Å². The first-order chi connectivity index (χ1) is 11.2. The Morgan fingerprint density at radius 3 is 2.91 bits per heavy atom. The number of benzene rings is 1. The SMILES string of the molecule is CC[C@@H](Oc1ccccc1F)C(=O)Nc1nc2c(s1)CCCC2. The Morgan fingerprint density at radius 1 is 1.39 bits per heavy atom. The number of hydrogen-bond acceptors (Lipinski definition) is 4. The highest BCUT2D eigenvalue weighted by molar-refractivity contribution is 7.15. The second kappa shape index (κ2) is 7.08. The fraction of sp³-hybridized carbons (Fsp3) is 0.412. The second-order valence-corrected chi connectivity index (χ2v) is 6.61. The van der Waals surface area contributed by atoms with Gasteiger partial charge in [0.2, 0.25) is 0 Å². The van der Waals surface area contributed by atoms with E-state index in [1.807, 2.05) is 6.92 Å². The molecule has 0 saturated heterocycles. The number of anilines is 1. The van der Waals surface area contributed by atoms with E-state index in [4.69, 9.17) is 4.74 Å². The number of aryl methyl sites for hydroxylation is 2. The molecule has 1 amide bonds. The number of hydrogen-bond donors (Lipinski definition) is 1. The topological polar surface area (TPSA) is 51.2 Å². The first-order valence-electron chi connectivity index (χ1n) is 7.88. The van der Waals surface area contributed by atoms with Gasteiger partial charge < -0.3 is 4.74 Å². The standard InChI is InChI=1S/C17H19FN2O2S/c1-2-13(22-14-9-5-3-7-11(14)18)16(21)20-17-19-12-8-4-6-10-15(12)23-17/h3,5,7,9,13H,2,4,6,8,10H2,1H3,(H,19,20,21)/t13-/m1/s1. The third-order valence-electron chi connectivity index (χ3n) is 3.84.